The summed E-state index contributed by atoms with van der Waals surface area (Å²) in [5.41, 5.74) is 4.73. The number of amides is 1. The Morgan fingerprint density at radius 3 is 2.32 bits per heavy atom. The van der Waals surface area contributed by atoms with Crippen molar-refractivity contribution in [1.82, 2.24) is 10.2 Å². The van der Waals surface area contributed by atoms with Gasteiger partial charge in [0.2, 0.25) is 5.91 Å². The number of likely N-dealkylation sites (N-methyl/N-ethyl adjacent to an activating group) is 1. The lowest BCUT2D eigenvalue weighted by Gasteiger charge is -2.21. The standard InChI is InChI=1S/C21H28N2O2/c1-4-23(14-19-11-6-5-9-17(19)2)15-21(24)22-13-18-10-7-8-12-20(18)16-25-3/h5-12H,4,13-16H2,1-3H3,(H,22,24). The van der Waals surface area contributed by atoms with Gasteiger partial charge in [0.05, 0.1) is 13.2 Å². The summed E-state index contributed by atoms with van der Waals surface area (Å²) in [5.74, 6) is 0.0441. The molecule has 4 nitrogen and oxygen atoms in total. The number of benzene rings is 2. The largest absolute Gasteiger partial charge is 0.380 e. The monoisotopic (exact) mass is 340 g/mol. The van der Waals surface area contributed by atoms with Crippen LogP contribution in [0.2, 0.25) is 0 Å². The van der Waals surface area contributed by atoms with Gasteiger partial charge < -0.3 is 10.1 Å². The number of hydrogen-bond acceptors (Lipinski definition) is 3. The Morgan fingerprint density at radius 2 is 1.68 bits per heavy atom. The van der Waals surface area contributed by atoms with Crippen molar-refractivity contribution in [2.75, 3.05) is 20.2 Å². The molecule has 0 atom stereocenters. The Hall–Kier alpha value is -2.17. The molecule has 0 fully saturated rings. The molecule has 4 heteroatoms. The van der Waals surface area contributed by atoms with Crippen molar-refractivity contribution in [3.05, 3.63) is 70.8 Å². The Balaban J connectivity index is 1.89. The van der Waals surface area contributed by atoms with E-state index in [1.165, 1.54) is 11.1 Å². The number of nitrogens with one attached hydrogen (secondary N) is 1. The number of methoxy groups -OCH3 is 1. The lowest BCUT2D eigenvalue weighted by atomic mass is 10.1. The minimum Gasteiger partial charge on any atom is -0.380 e. The van der Waals surface area contributed by atoms with Gasteiger partial charge in [0.25, 0.3) is 0 Å². The van der Waals surface area contributed by atoms with Crippen molar-refractivity contribution in [3.8, 4) is 0 Å². The quantitative estimate of drug-likeness (QED) is 0.762. The van der Waals surface area contributed by atoms with Crippen LogP contribution < -0.4 is 5.32 Å². The van der Waals surface area contributed by atoms with Gasteiger partial charge in [0.1, 0.15) is 0 Å². The second-order valence-electron chi connectivity index (χ2n) is 6.21. The lowest BCUT2D eigenvalue weighted by Crippen LogP contribution is -2.36. The Morgan fingerprint density at radius 1 is 1.04 bits per heavy atom. The van der Waals surface area contributed by atoms with Crippen LogP contribution in [0.4, 0.5) is 0 Å². The van der Waals surface area contributed by atoms with Gasteiger partial charge in [-0.2, -0.15) is 0 Å². The molecule has 0 unspecified atom stereocenters. The molecule has 0 heterocycles. The fourth-order valence-electron chi connectivity index (χ4n) is 2.79. The van der Waals surface area contributed by atoms with Crippen LogP contribution >= 0.6 is 0 Å². The van der Waals surface area contributed by atoms with Gasteiger partial charge in [-0.15, -0.1) is 0 Å². The molecule has 0 saturated carbocycles. The molecule has 0 aliphatic rings. The molecule has 0 spiro atoms. The summed E-state index contributed by atoms with van der Waals surface area (Å²) in [6.07, 6.45) is 0. The highest BCUT2D eigenvalue weighted by atomic mass is 16.5. The number of nitrogens with zero attached hydrogens (tertiary/aromatic N) is 1. The molecule has 0 aliphatic heterocycles. The highest BCUT2D eigenvalue weighted by Gasteiger charge is 2.11. The van der Waals surface area contributed by atoms with Gasteiger partial charge in [-0.1, -0.05) is 55.5 Å². The van der Waals surface area contributed by atoms with Crippen LogP contribution in [0.3, 0.4) is 0 Å². The molecular weight excluding hydrogens is 312 g/mol. The second kappa shape index (κ2) is 9.97. The molecule has 25 heavy (non-hydrogen) atoms. The Bertz CT molecular complexity index is 685. The van der Waals surface area contributed by atoms with Crippen LogP contribution in [0.1, 0.15) is 29.2 Å². The maximum absolute atomic E-state index is 12.3. The smallest absolute Gasteiger partial charge is 0.234 e. The van der Waals surface area contributed by atoms with Crippen molar-refractivity contribution in [2.45, 2.75) is 33.5 Å². The second-order valence-corrected chi connectivity index (χ2v) is 6.21. The van der Waals surface area contributed by atoms with Gasteiger partial charge in [0, 0.05) is 20.2 Å². The molecule has 2 aromatic rings. The van der Waals surface area contributed by atoms with Gasteiger partial charge in [0.15, 0.2) is 0 Å². The molecule has 0 bridgehead atoms. The van der Waals surface area contributed by atoms with E-state index in [0.29, 0.717) is 19.7 Å². The van der Waals surface area contributed by atoms with E-state index >= 15 is 0 Å². The summed E-state index contributed by atoms with van der Waals surface area (Å²) in [4.78, 5) is 14.5. The predicted octanol–water partition coefficient (Wildman–Crippen LogP) is 3.28. The van der Waals surface area contributed by atoms with E-state index in [2.05, 4.69) is 36.2 Å². The van der Waals surface area contributed by atoms with Crippen LogP contribution in [0.5, 0.6) is 0 Å². The summed E-state index contributed by atoms with van der Waals surface area (Å²) < 4.78 is 5.21. The number of hydrogen-bond donors (Lipinski definition) is 1. The van der Waals surface area contributed by atoms with Crippen molar-refractivity contribution in [3.63, 3.8) is 0 Å². The van der Waals surface area contributed by atoms with Crippen LogP contribution in [-0.2, 0) is 29.2 Å². The SMILES string of the molecule is CCN(CC(=O)NCc1ccccc1COC)Cc1ccccc1C. The zero-order chi connectivity index (χ0) is 18.1. The minimum absolute atomic E-state index is 0.0441. The zero-order valence-electron chi connectivity index (χ0n) is 15.4. The van der Waals surface area contributed by atoms with Crippen LogP contribution in [0.15, 0.2) is 48.5 Å². The average Bonchev–Trinajstić information content (AvgIpc) is 2.62. The zero-order valence-corrected chi connectivity index (χ0v) is 15.4. The van der Waals surface area contributed by atoms with Crippen molar-refractivity contribution >= 4 is 5.91 Å². The van der Waals surface area contributed by atoms with Gasteiger partial charge in [-0.3, -0.25) is 9.69 Å². The van der Waals surface area contributed by atoms with Crippen LogP contribution in [0.25, 0.3) is 0 Å². The first kappa shape index (κ1) is 19.2. The third kappa shape index (κ3) is 6.00. The topological polar surface area (TPSA) is 41.6 Å². The molecule has 0 aromatic heterocycles. The van der Waals surface area contributed by atoms with Crippen molar-refractivity contribution in [1.29, 1.82) is 0 Å². The van der Waals surface area contributed by atoms with E-state index < -0.39 is 0 Å². The highest BCUT2D eigenvalue weighted by molar-refractivity contribution is 5.78. The molecule has 0 saturated heterocycles. The first-order valence-corrected chi connectivity index (χ1v) is 8.73. The summed E-state index contributed by atoms with van der Waals surface area (Å²) in [6, 6.07) is 16.3. The normalized spacial score (nSPS) is 10.9. The van der Waals surface area contributed by atoms with E-state index in [4.69, 9.17) is 4.74 Å². The van der Waals surface area contributed by atoms with Gasteiger partial charge in [-0.25, -0.2) is 0 Å². The summed E-state index contributed by atoms with van der Waals surface area (Å²) in [5, 5.41) is 3.03. The van der Waals surface area contributed by atoms with Crippen molar-refractivity contribution in [2.24, 2.45) is 0 Å². The molecule has 1 N–H and O–H groups in total. The third-order valence-electron chi connectivity index (χ3n) is 4.36. The van der Waals surface area contributed by atoms with E-state index in [1.54, 1.807) is 7.11 Å². The lowest BCUT2D eigenvalue weighted by molar-refractivity contribution is -0.122. The van der Waals surface area contributed by atoms with Crippen LogP contribution in [-0.4, -0.2) is 31.0 Å². The molecular formula is C21H28N2O2. The van der Waals surface area contributed by atoms with Crippen molar-refractivity contribution < 1.29 is 9.53 Å². The number of aryl methyl sites for hydroxylation is 1. The molecule has 1 amide bonds. The molecule has 0 radical (unpaired) electrons. The van der Waals surface area contributed by atoms with E-state index in [9.17, 15) is 4.79 Å². The number of ether oxygens (including phenoxy) is 1. The maximum atomic E-state index is 12.3. The van der Waals surface area contributed by atoms with Gasteiger partial charge in [-0.05, 0) is 35.7 Å². The van der Waals surface area contributed by atoms with E-state index in [1.807, 2.05) is 36.4 Å². The fourth-order valence-corrected chi connectivity index (χ4v) is 2.79. The van der Waals surface area contributed by atoms with Gasteiger partial charge >= 0.3 is 0 Å². The molecule has 2 aromatic carbocycles. The molecule has 0 aliphatic carbocycles. The first-order chi connectivity index (χ1) is 12.1. The highest BCUT2D eigenvalue weighted by Crippen LogP contribution is 2.11. The third-order valence-corrected chi connectivity index (χ3v) is 4.36. The number of carbonyl (C=O) groups excluding carboxylic acids is 1. The summed E-state index contributed by atoms with van der Waals surface area (Å²) >= 11 is 0. The van der Waals surface area contributed by atoms with E-state index in [0.717, 1.165) is 24.2 Å². The number of carbonyl (C=O) groups is 1. The number of rotatable bonds is 9. The minimum atomic E-state index is 0.0441. The molecule has 134 valence electrons. The van der Waals surface area contributed by atoms with Crippen LogP contribution in [0, 0.1) is 6.92 Å². The average molecular weight is 340 g/mol. The Labute approximate surface area is 150 Å². The first-order valence-electron chi connectivity index (χ1n) is 8.73. The fraction of sp³-hybridized carbons (Fsp3) is 0.381. The Kier molecular flexibility index (Phi) is 7.64. The maximum Gasteiger partial charge on any atom is 0.234 e. The van der Waals surface area contributed by atoms with E-state index in [-0.39, 0.29) is 5.91 Å². The molecule has 2 rings (SSSR count). The summed E-state index contributed by atoms with van der Waals surface area (Å²) in [7, 11) is 1.68. The predicted molar refractivity (Wildman–Crippen MR) is 101 cm³/mol. The summed E-state index contributed by atoms with van der Waals surface area (Å²) in [6.45, 7) is 7.30.